The Balaban J connectivity index is 1.90. The highest BCUT2D eigenvalue weighted by atomic mass is 35.5. The van der Waals surface area contributed by atoms with E-state index in [1.165, 1.54) is 42.9 Å². The monoisotopic (exact) mass is 324 g/mol. The molecule has 1 aromatic carbocycles. The van der Waals surface area contributed by atoms with Gasteiger partial charge in [-0.1, -0.05) is 12.5 Å². The summed E-state index contributed by atoms with van der Waals surface area (Å²) in [5.41, 5.74) is 1.93. The largest absolute Gasteiger partial charge is 0.497 e. The van der Waals surface area contributed by atoms with Gasteiger partial charge in [0, 0.05) is 21.4 Å². The van der Waals surface area contributed by atoms with Gasteiger partial charge in [0.05, 0.1) is 12.5 Å². The number of rotatable bonds is 3. The van der Waals surface area contributed by atoms with Gasteiger partial charge in [0.2, 0.25) is 0 Å². The van der Waals surface area contributed by atoms with Crippen LogP contribution in [0.1, 0.15) is 45.5 Å². The summed E-state index contributed by atoms with van der Waals surface area (Å²) in [6, 6.07) is 7.04. The minimum Gasteiger partial charge on any atom is -0.497 e. The first-order valence-electron chi connectivity index (χ1n) is 7.28. The van der Waals surface area contributed by atoms with Crippen LogP contribution in [0.25, 0.3) is 0 Å². The zero-order valence-electron chi connectivity index (χ0n) is 12.0. The number of methoxy groups -OCH3 is 1. The molecule has 1 aliphatic carbocycles. The Hall–Kier alpha value is -1.06. The van der Waals surface area contributed by atoms with Crippen LogP contribution in [0.3, 0.4) is 0 Å². The average molecular weight is 325 g/mol. The lowest BCUT2D eigenvalue weighted by atomic mass is 10.1. The Labute approximate surface area is 133 Å². The highest BCUT2D eigenvalue weighted by Crippen LogP contribution is 2.39. The molecule has 1 aliphatic rings. The summed E-state index contributed by atoms with van der Waals surface area (Å²) in [5, 5.41) is -0.423. The van der Waals surface area contributed by atoms with E-state index in [0.29, 0.717) is 11.3 Å². The second-order valence-electron chi connectivity index (χ2n) is 5.41. The fourth-order valence-electron chi connectivity index (χ4n) is 2.81. The first kappa shape index (κ1) is 14.9. The van der Waals surface area contributed by atoms with Gasteiger partial charge in [-0.3, -0.25) is 0 Å². The molecule has 1 aromatic heterocycles. The van der Waals surface area contributed by atoms with Crippen molar-refractivity contribution in [3.05, 3.63) is 51.0 Å². The molecule has 0 amide bonds. The Bertz CT molecular complexity index is 614. The molecule has 1 atom stereocenters. The van der Waals surface area contributed by atoms with Crippen LogP contribution in [0, 0.1) is 5.82 Å². The molecule has 0 saturated heterocycles. The molecule has 112 valence electrons. The van der Waals surface area contributed by atoms with E-state index < -0.39 is 5.38 Å². The van der Waals surface area contributed by atoms with Crippen LogP contribution in [0.15, 0.2) is 24.3 Å². The number of thiophene rings is 1. The van der Waals surface area contributed by atoms with Crippen molar-refractivity contribution in [1.82, 2.24) is 0 Å². The van der Waals surface area contributed by atoms with E-state index >= 15 is 0 Å². The number of hydrogen-bond donors (Lipinski definition) is 0. The summed E-state index contributed by atoms with van der Waals surface area (Å²) in [6.07, 6.45) is 6.05. The van der Waals surface area contributed by atoms with E-state index in [1.54, 1.807) is 23.5 Å². The van der Waals surface area contributed by atoms with Crippen LogP contribution in [-0.4, -0.2) is 7.11 Å². The molecule has 1 nitrogen and oxygen atoms in total. The SMILES string of the molecule is COc1ccc(C(Cl)c2cc3c(s2)CCCCC3)c(F)c1. The molecular formula is C17H18ClFOS. The van der Waals surface area contributed by atoms with Gasteiger partial charge in [-0.05, 0) is 43.4 Å². The van der Waals surface area contributed by atoms with E-state index in [9.17, 15) is 4.39 Å². The number of alkyl halides is 1. The molecular weight excluding hydrogens is 307 g/mol. The summed E-state index contributed by atoms with van der Waals surface area (Å²) >= 11 is 8.26. The molecule has 0 N–H and O–H groups in total. The number of fused-ring (bicyclic) bond motifs is 1. The first-order valence-corrected chi connectivity index (χ1v) is 8.53. The zero-order chi connectivity index (χ0) is 14.8. The number of halogens is 2. The average Bonchev–Trinajstić information content (AvgIpc) is 2.77. The summed E-state index contributed by atoms with van der Waals surface area (Å²) in [6.45, 7) is 0. The van der Waals surface area contributed by atoms with E-state index in [0.717, 1.165) is 17.7 Å². The number of benzene rings is 1. The predicted molar refractivity (Wildman–Crippen MR) is 86.2 cm³/mol. The fourth-order valence-corrected chi connectivity index (χ4v) is 4.44. The molecule has 0 aliphatic heterocycles. The first-order chi connectivity index (χ1) is 10.2. The lowest BCUT2D eigenvalue weighted by Crippen LogP contribution is -1.96. The Morgan fingerprint density at radius 3 is 2.76 bits per heavy atom. The smallest absolute Gasteiger partial charge is 0.131 e. The van der Waals surface area contributed by atoms with E-state index in [-0.39, 0.29) is 5.82 Å². The van der Waals surface area contributed by atoms with Crippen molar-refractivity contribution in [2.24, 2.45) is 0 Å². The van der Waals surface area contributed by atoms with E-state index in [4.69, 9.17) is 16.3 Å². The fraction of sp³-hybridized carbons (Fsp3) is 0.412. The van der Waals surface area contributed by atoms with Gasteiger partial charge in [0.1, 0.15) is 11.6 Å². The third kappa shape index (κ3) is 3.09. The molecule has 0 radical (unpaired) electrons. The molecule has 0 fully saturated rings. The topological polar surface area (TPSA) is 9.23 Å². The minimum absolute atomic E-state index is 0.307. The van der Waals surface area contributed by atoms with Crippen LogP contribution in [0.4, 0.5) is 4.39 Å². The Kier molecular flexibility index (Phi) is 4.51. The molecule has 1 unspecified atom stereocenters. The highest BCUT2D eigenvalue weighted by Gasteiger charge is 2.21. The zero-order valence-corrected chi connectivity index (χ0v) is 13.6. The normalized spacial score (nSPS) is 16.1. The Morgan fingerprint density at radius 2 is 2.00 bits per heavy atom. The van der Waals surface area contributed by atoms with Crippen molar-refractivity contribution in [1.29, 1.82) is 0 Å². The van der Waals surface area contributed by atoms with Crippen molar-refractivity contribution in [3.8, 4) is 5.75 Å². The van der Waals surface area contributed by atoms with Gasteiger partial charge in [0.15, 0.2) is 0 Å². The summed E-state index contributed by atoms with van der Waals surface area (Å²) in [7, 11) is 1.53. The van der Waals surface area contributed by atoms with Crippen LogP contribution in [-0.2, 0) is 12.8 Å². The van der Waals surface area contributed by atoms with E-state index in [2.05, 4.69) is 6.07 Å². The molecule has 0 saturated carbocycles. The van der Waals surface area contributed by atoms with Gasteiger partial charge in [-0.15, -0.1) is 22.9 Å². The second-order valence-corrected chi connectivity index (χ2v) is 7.01. The summed E-state index contributed by atoms with van der Waals surface area (Å²) < 4.78 is 19.2. The van der Waals surface area contributed by atoms with Crippen LogP contribution >= 0.6 is 22.9 Å². The highest BCUT2D eigenvalue weighted by molar-refractivity contribution is 7.12. The van der Waals surface area contributed by atoms with Gasteiger partial charge >= 0.3 is 0 Å². The molecule has 4 heteroatoms. The number of aryl methyl sites for hydroxylation is 2. The predicted octanol–water partition coefficient (Wildman–Crippen LogP) is 5.49. The molecule has 2 aromatic rings. The van der Waals surface area contributed by atoms with Crippen molar-refractivity contribution >= 4 is 22.9 Å². The summed E-state index contributed by atoms with van der Waals surface area (Å²) in [4.78, 5) is 2.48. The quantitative estimate of drug-likeness (QED) is 0.535. The van der Waals surface area contributed by atoms with Crippen molar-refractivity contribution in [2.75, 3.05) is 7.11 Å². The van der Waals surface area contributed by atoms with Crippen molar-refractivity contribution in [3.63, 3.8) is 0 Å². The lowest BCUT2D eigenvalue weighted by molar-refractivity contribution is 0.411. The third-order valence-corrected chi connectivity index (χ3v) is 5.90. The van der Waals surface area contributed by atoms with Gasteiger partial charge in [-0.25, -0.2) is 4.39 Å². The van der Waals surface area contributed by atoms with Gasteiger partial charge in [0.25, 0.3) is 0 Å². The van der Waals surface area contributed by atoms with Crippen molar-refractivity contribution < 1.29 is 9.13 Å². The van der Waals surface area contributed by atoms with Crippen LogP contribution in [0.2, 0.25) is 0 Å². The molecule has 0 bridgehead atoms. The van der Waals surface area contributed by atoms with Crippen LogP contribution in [0.5, 0.6) is 5.75 Å². The minimum atomic E-state index is -0.423. The number of hydrogen-bond acceptors (Lipinski definition) is 2. The summed E-state index contributed by atoms with van der Waals surface area (Å²) in [5.74, 6) is 0.208. The molecule has 1 heterocycles. The number of ether oxygens (including phenoxy) is 1. The van der Waals surface area contributed by atoms with Crippen LogP contribution < -0.4 is 4.74 Å². The maximum atomic E-state index is 14.2. The van der Waals surface area contributed by atoms with Crippen molar-refractivity contribution in [2.45, 2.75) is 37.5 Å². The maximum absolute atomic E-state index is 14.2. The van der Waals surface area contributed by atoms with E-state index in [1.807, 2.05) is 0 Å². The second kappa shape index (κ2) is 6.37. The standard InChI is InChI=1S/C17H18ClFOS/c1-20-12-7-8-13(14(19)10-12)17(18)16-9-11-5-3-2-4-6-15(11)21-16/h7-10,17H,2-6H2,1H3. The maximum Gasteiger partial charge on any atom is 0.131 e. The third-order valence-electron chi connectivity index (χ3n) is 4.00. The Morgan fingerprint density at radius 1 is 1.19 bits per heavy atom. The lowest BCUT2D eigenvalue weighted by Gasteiger charge is -2.10. The molecule has 21 heavy (non-hydrogen) atoms. The molecule has 3 rings (SSSR count). The van der Waals surface area contributed by atoms with Gasteiger partial charge in [-0.2, -0.15) is 0 Å². The van der Waals surface area contributed by atoms with Gasteiger partial charge < -0.3 is 4.74 Å². The molecule has 0 spiro atoms.